The van der Waals surface area contributed by atoms with E-state index >= 15 is 0 Å². The summed E-state index contributed by atoms with van der Waals surface area (Å²) in [5.41, 5.74) is 0. The van der Waals surface area contributed by atoms with Crippen LogP contribution in [0.1, 0.15) is 6.42 Å². The maximum Gasteiger partial charge on any atom is 0.244 e. The minimum absolute atomic E-state index is 0.0566. The summed E-state index contributed by atoms with van der Waals surface area (Å²) in [6.07, 6.45) is 1.89. The van der Waals surface area contributed by atoms with Gasteiger partial charge in [0.1, 0.15) is 17.7 Å². The van der Waals surface area contributed by atoms with E-state index < -0.39 is 0 Å². The molecule has 1 aliphatic rings. The van der Waals surface area contributed by atoms with Crippen LogP contribution in [0.5, 0.6) is 0 Å². The molecule has 0 spiro atoms. The van der Waals surface area contributed by atoms with Gasteiger partial charge < -0.3 is 10.2 Å². The van der Waals surface area contributed by atoms with Crippen molar-refractivity contribution in [3.05, 3.63) is 24.1 Å². The molecule has 1 unspecified atom stereocenters. The first-order valence-corrected chi connectivity index (χ1v) is 4.80. The van der Waals surface area contributed by atoms with E-state index in [9.17, 15) is 9.18 Å². The van der Waals surface area contributed by atoms with E-state index in [4.69, 9.17) is 0 Å². The number of hydrogen-bond donors (Lipinski definition) is 1. The molecule has 0 aromatic carbocycles. The molecule has 1 fully saturated rings. The highest BCUT2D eigenvalue weighted by Gasteiger charge is 2.28. The molecule has 1 aromatic rings. The van der Waals surface area contributed by atoms with Gasteiger partial charge in [-0.05, 0) is 18.6 Å². The fourth-order valence-corrected chi connectivity index (χ4v) is 1.60. The minimum Gasteiger partial charge on any atom is -0.358 e. The van der Waals surface area contributed by atoms with Gasteiger partial charge in [0, 0.05) is 13.6 Å². The van der Waals surface area contributed by atoms with E-state index in [2.05, 4.69) is 10.3 Å². The van der Waals surface area contributed by atoms with Gasteiger partial charge in [0.15, 0.2) is 0 Å². The molecule has 0 aliphatic carbocycles. The number of pyridine rings is 1. The Bertz CT molecular complexity index is 365. The van der Waals surface area contributed by atoms with Gasteiger partial charge in [0.25, 0.3) is 0 Å². The number of halogens is 1. The van der Waals surface area contributed by atoms with Crippen LogP contribution < -0.4 is 5.32 Å². The van der Waals surface area contributed by atoms with Crippen LogP contribution in [-0.4, -0.2) is 35.4 Å². The van der Waals surface area contributed by atoms with Gasteiger partial charge in [-0.1, -0.05) is 0 Å². The first kappa shape index (κ1) is 9.89. The highest BCUT2D eigenvalue weighted by molar-refractivity contribution is 5.86. The quantitative estimate of drug-likeness (QED) is 0.785. The Morgan fingerprint density at radius 3 is 2.93 bits per heavy atom. The van der Waals surface area contributed by atoms with Crippen molar-refractivity contribution >= 4 is 11.7 Å². The van der Waals surface area contributed by atoms with Gasteiger partial charge in [-0.3, -0.25) is 4.79 Å². The second-order valence-corrected chi connectivity index (χ2v) is 3.61. The Morgan fingerprint density at radius 1 is 1.60 bits per heavy atom. The highest BCUT2D eigenvalue weighted by Crippen LogP contribution is 2.14. The van der Waals surface area contributed by atoms with Gasteiger partial charge in [-0.25, -0.2) is 9.37 Å². The number of amides is 1. The van der Waals surface area contributed by atoms with Crippen molar-refractivity contribution in [1.29, 1.82) is 0 Å². The summed E-state index contributed by atoms with van der Waals surface area (Å²) in [6.45, 7) is 0.748. The molecule has 15 heavy (non-hydrogen) atoms. The fourth-order valence-electron chi connectivity index (χ4n) is 1.60. The second-order valence-electron chi connectivity index (χ2n) is 3.61. The molecule has 5 heteroatoms. The summed E-state index contributed by atoms with van der Waals surface area (Å²) < 4.78 is 12.6. The molecule has 1 aliphatic heterocycles. The number of carbonyl (C=O) groups excluding carboxylic acids is 1. The molecule has 1 amide bonds. The number of anilines is 1. The summed E-state index contributed by atoms with van der Waals surface area (Å²) in [6, 6.07) is 2.62. The largest absolute Gasteiger partial charge is 0.358 e. The van der Waals surface area contributed by atoms with Crippen molar-refractivity contribution in [1.82, 2.24) is 9.88 Å². The topological polar surface area (TPSA) is 45.2 Å². The first-order valence-electron chi connectivity index (χ1n) is 4.80. The zero-order valence-electron chi connectivity index (χ0n) is 8.40. The zero-order chi connectivity index (χ0) is 10.8. The van der Waals surface area contributed by atoms with E-state index in [0.29, 0.717) is 5.82 Å². The van der Waals surface area contributed by atoms with Crippen molar-refractivity contribution in [3.8, 4) is 0 Å². The Balaban J connectivity index is 2.03. The lowest BCUT2D eigenvalue weighted by Crippen LogP contribution is -2.31. The van der Waals surface area contributed by atoms with Crippen LogP contribution in [0.4, 0.5) is 10.2 Å². The van der Waals surface area contributed by atoms with Gasteiger partial charge in [-0.15, -0.1) is 0 Å². The minimum atomic E-state index is -0.379. The Morgan fingerprint density at radius 2 is 2.40 bits per heavy atom. The summed E-state index contributed by atoms with van der Waals surface area (Å²) in [4.78, 5) is 17.1. The SMILES string of the molecule is CN1CCC(Nc2ccc(F)cn2)C1=O. The second kappa shape index (κ2) is 3.84. The molecule has 1 atom stereocenters. The number of aromatic nitrogens is 1. The van der Waals surface area contributed by atoms with Crippen molar-refractivity contribution < 1.29 is 9.18 Å². The van der Waals surface area contributed by atoms with Crippen LogP contribution >= 0.6 is 0 Å². The van der Waals surface area contributed by atoms with Crippen molar-refractivity contribution in [2.75, 3.05) is 18.9 Å². The van der Waals surface area contributed by atoms with E-state index in [1.54, 1.807) is 11.9 Å². The summed E-state index contributed by atoms with van der Waals surface area (Å²) in [7, 11) is 1.77. The van der Waals surface area contributed by atoms with Gasteiger partial charge >= 0.3 is 0 Å². The molecule has 0 saturated carbocycles. The Labute approximate surface area is 87.1 Å². The predicted octanol–water partition coefficient (Wildman–Crippen LogP) is 0.863. The first-order chi connectivity index (χ1) is 7.16. The third-order valence-electron chi connectivity index (χ3n) is 2.48. The fraction of sp³-hybridized carbons (Fsp3) is 0.400. The van der Waals surface area contributed by atoms with E-state index in [-0.39, 0.29) is 17.8 Å². The predicted molar refractivity (Wildman–Crippen MR) is 53.9 cm³/mol. The number of likely N-dealkylation sites (tertiary alicyclic amines) is 1. The standard InChI is InChI=1S/C10H12FN3O/c1-14-5-4-8(10(14)15)13-9-3-2-7(11)6-12-9/h2-3,6,8H,4-5H2,1H3,(H,12,13). The average Bonchev–Trinajstić information content (AvgIpc) is 2.53. The molecule has 1 N–H and O–H groups in total. The highest BCUT2D eigenvalue weighted by atomic mass is 19.1. The van der Waals surface area contributed by atoms with E-state index in [1.807, 2.05) is 0 Å². The number of likely N-dealkylation sites (N-methyl/N-ethyl adjacent to an activating group) is 1. The van der Waals surface area contributed by atoms with Crippen LogP contribution in [0.15, 0.2) is 18.3 Å². The van der Waals surface area contributed by atoms with Gasteiger partial charge in [-0.2, -0.15) is 0 Å². The number of nitrogens with zero attached hydrogens (tertiary/aromatic N) is 2. The molecule has 2 rings (SSSR count). The molecular formula is C10H12FN3O. The van der Waals surface area contributed by atoms with E-state index in [0.717, 1.165) is 19.2 Å². The van der Waals surface area contributed by atoms with Crippen LogP contribution in [-0.2, 0) is 4.79 Å². The lowest BCUT2D eigenvalue weighted by atomic mass is 10.2. The van der Waals surface area contributed by atoms with Crippen molar-refractivity contribution in [2.24, 2.45) is 0 Å². The molecule has 2 heterocycles. The van der Waals surface area contributed by atoms with Crippen LogP contribution in [0.2, 0.25) is 0 Å². The number of rotatable bonds is 2. The smallest absolute Gasteiger partial charge is 0.244 e. The molecule has 0 bridgehead atoms. The lowest BCUT2D eigenvalue weighted by molar-refractivity contribution is -0.127. The molecule has 80 valence electrons. The molecule has 0 radical (unpaired) electrons. The van der Waals surface area contributed by atoms with Crippen LogP contribution in [0, 0.1) is 5.82 Å². The van der Waals surface area contributed by atoms with Crippen molar-refractivity contribution in [3.63, 3.8) is 0 Å². The number of carbonyl (C=O) groups is 1. The Kier molecular flexibility index (Phi) is 2.53. The third kappa shape index (κ3) is 2.06. The van der Waals surface area contributed by atoms with Crippen LogP contribution in [0.25, 0.3) is 0 Å². The van der Waals surface area contributed by atoms with E-state index in [1.165, 1.54) is 12.1 Å². The number of hydrogen-bond acceptors (Lipinski definition) is 3. The summed E-state index contributed by atoms with van der Waals surface area (Å²) >= 11 is 0. The van der Waals surface area contributed by atoms with Crippen LogP contribution in [0.3, 0.4) is 0 Å². The summed E-state index contributed by atoms with van der Waals surface area (Å²) in [5, 5.41) is 2.98. The Hall–Kier alpha value is -1.65. The maximum absolute atomic E-state index is 12.6. The third-order valence-corrected chi connectivity index (χ3v) is 2.48. The molecular weight excluding hydrogens is 197 g/mol. The zero-order valence-corrected chi connectivity index (χ0v) is 8.40. The normalized spacial score (nSPS) is 20.8. The molecule has 1 saturated heterocycles. The lowest BCUT2D eigenvalue weighted by Gasteiger charge is -2.12. The monoisotopic (exact) mass is 209 g/mol. The van der Waals surface area contributed by atoms with Crippen molar-refractivity contribution in [2.45, 2.75) is 12.5 Å². The maximum atomic E-state index is 12.6. The number of nitrogens with one attached hydrogen (secondary N) is 1. The summed E-state index contributed by atoms with van der Waals surface area (Å²) in [5.74, 6) is 0.210. The van der Waals surface area contributed by atoms with Gasteiger partial charge in [0.05, 0.1) is 6.20 Å². The van der Waals surface area contributed by atoms with Gasteiger partial charge in [0.2, 0.25) is 5.91 Å². The average molecular weight is 209 g/mol. The molecule has 1 aromatic heterocycles. The molecule has 4 nitrogen and oxygen atoms in total.